The highest BCUT2D eigenvalue weighted by Crippen LogP contribution is 2.22. The largest absolute Gasteiger partial charge is 0.399 e. The van der Waals surface area contributed by atoms with E-state index in [1.807, 2.05) is 19.1 Å². The van der Waals surface area contributed by atoms with E-state index in [1.165, 1.54) is 16.3 Å². The molecule has 0 amide bonds. The van der Waals surface area contributed by atoms with Gasteiger partial charge in [0.2, 0.25) is 0 Å². The fourth-order valence-electron chi connectivity index (χ4n) is 1.82. The highest BCUT2D eigenvalue weighted by atomic mass is 14.6. The molecule has 0 aliphatic heterocycles. The van der Waals surface area contributed by atoms with Gasteiger partial charge in [-0.25, -0.2) is 0 Å². The van der Waals surface area contributed by atoms with Crippen LogP contribution >= 0.6 is 0 Å². The van der Waals surface area contributed by atoms with Crippen molar-refractivity contribution in [2.24, 2.45) is 5.73 Å². The van der Waals surface area contributed by atoms with E-state index >= 15 is 0 Å². The standard InChI is InChI=1S/C14H15N/c1-3-14(15)13-9-12-7-5-4-6-11(12)8-10(13)2/h3-9H,15H2,1-2H3/b14-3+. The monoisotopic (exact) mass is 197 g/mol. The van der Waals surface area contributed by atoms with Crippen LogP contribution < -0.4 is 5.73 Å². The Morgan fingerprint density at radius 3 is 2.33 bits per heavy atom. The summed E-state index contributed by atoms with van der Waals surface area (Å²) in [6.07, 6.45) is 1.94. The summed E-state index contributed by atoms with van der Waals surface area (Å²) < 4.78 is 0. The first-order valence-electron chi connectivity index (χ1n) is 5.14. The van der Waals surface area contributed by atoms with Gasteiger partial charge in [0.15, 0.2) is 0 Å². The van der Waals surface area contributed by atoms with E-state index in [4.69, 9.17) is 5.73 Å². The second-order valence-electron chi connectivity index (χ2n) is 3.76. The third-order valence-electron chi connectivity index (χ3n) is 2.71. The van der Waals surface area contributed by atoms with Gasteiger partial charge >= 0.3 is 0 Å². The summed E-state index contributed by atoms with van der Waals surface area (Å²) >= 11 is 0. The van der Waals surface area contributed by atoms with E-state index in [-0.39, 0.29) is 0 Å². The molecule has 15 heavy (non-hydrogen) atoms. The number of hydrogen-bond donors (Lipinski definition) is 1. The van der Waals surface area contributed by atoms with Crippen LogP contribution in [0.3, 0.4) is 0 Å². The van der Waals surface area contributed by atoms with Gasteiger partial charge in [-0.15, -0.1) is 0 Å². The van der Waals surface area contributed by atoms with E-state index in [1.54, 1.807) is 0 Å². The predicted octanol–water partition coefficient (Wildman–Crippen LogP) is 3.47. The van der Waals surface area contributed by atoms with Crippen molar-refractivity contribution in [3.05, 3.63) is 53.6 Å². The number of aryl methyl sites for hydroxylation is 1. The van der Waals surface area contributed by atoms with Crippen LogP contribution in [0.15, 0.2) is 42.5 Å². The molecule has 0 radical (unpaired) electrons. The van der Waals surface area contributed by atoms with Gasteiger partial charge in [0.25, 0.3) is 0 Å². The van der Waals surface area contributed by atoms with Crippen molar-refractivity contribution in [2.45, 2.75) is 13.8 Å². The van der Waals surface area contributed by atoms with Crippen molar-refractivity contribution in [3.8, 4) is 0 Å². The zero-order chi connectivity index (χ0) is 10.8. The maximum absolute atomic E-state index is 5.95. The fraction of sp³-hybridized carbons (Fsp3) is 0.143. The van der Waals surface area contributed by atoms with E-state index in [9.17, 15) is 0 Å². The van der Waals surface area contributed by atoms with Crippen molar-refractivity contribution in [2.75, 3.05) is 0 Å². The van der Waals surface area contributed by atoms with Gasteiger partial charge in [0.1, 0.15) is 0 Å². The molecule has 2 aromatic carbocycles. The maximum Gasteiger partial charge on any atom is 0.0347 e. The van der Waals surface area contributed by atoms with Crippen molar-refractivity contribution < 1.29 is 0 Å². The normalized spacial score (nSPS) is 12.0. The molecule has 0 heterocycles. The first kappa shape index (κ1) is 9.78. The molecule has 2 N–H and O–H groups in total. The second kappa shape index (κ2) is 3.77. The van der Waals surface area contributed by atoms with E-state index in [0.717, 1.165) is 11.3 Å². The smallest absolute Gasteiger partial charge is 0.0347 e. The minimum atomic E-state index is 0.846. The molecule has 0 bridgehead atoms. The molecule has 0 aliphatic rings. The fourth-order valence-corrected chi connectivity index (χ4v) is 1.82. The summed E-state index contributed by atoms with van der Waals surface area (Å²) in [6.45, 7) is 4.06. The summed E-state index contributed by atoms with van der Waals surface area (Å²) in [6, 6.07) is 12.7. The van der Waals surface area contributed by atoms with Gasteiger partial charge in [0.05, 0.1) is 0 Å². The molecule has 2 rings (SSSR count). The molecule has 2 aromatic rings. The molecule has 0 unspecified atom stereocenters. The first-order chi connectivity index (χ1) is 7.22. The molecule has 0 aliphatic carbocycles. The van der Waals surface area contributed by atoms with Crippen LogP contribution in [-0.4, -0.2) is 0 Å². The number of benzene rings is 2. The van der Waals surface area contributed by atoms with Crippen LogP contribution in [0.1, 0.15) is 18.1 Å². The molecule has 0 fully saturated rings. The number of allylic oxidation sites excluding steroid dienone is 1. The number of hydrogen-bond acceptors (Lipinski definition) is 1. The van der Waals surface area contributed by atoms with Crippen LogP contribution in [0.4, 0.5) is 0 Å². The van der Waals surface area contributed by atoms with Gasteiger partial charge in [-0.05, 0) is 36.2 Å². The number of rotatable bonds is 1. The van der Waals surface area contributed by atoms with Crippen molar-refractivity contribution in [3.63, 3.8) is 0 Å². The molecular formula is C14H15N. The molecule has 76 valence electrons. The van der Waals surface area contributed by atoms with Crippen LogP contribution in [0, 0.1) is 6.92 Å². The van der Waals surface area contributed by atoms with E-state index in [2.05, 4.69) is 37.3 Å². The maximum atomic E-state index is 5.95. The van der Waals surface area contributed by atoms with Gasteiger partial charge in [-0.3, -0.25) is 0 Å². The Morgan fingerprint density at radius 1 is 1.13 bits per heavy atom. The van der Waals surface area contributed by atoms with E-state index < -0.39 is 0 Å². The van der Waals surface area contributed by atoms with Crippen LogP contribution in [0.5, 0.6) is 0 Å². The lowest BCUT2D eigenvalue weighted by molar-refractivity contribution is 1.40. The Kier molecular flexibility index (Phi) is 2.46. The Morgan fingerprint density at radius 2 is 1.73 bits per heavy atom. The molecular weight excluding hydrogens is 182 g/mol. The summed E-state index contributed by atoms with van der Waals surface area (Å²) in [5, 5.41) is 2.51. The Bertz CT molecular complexity index is 524. The zero-order valence-corrected chi connectivity index (χ0v) is 9.12. The van der Waals surface area contributed by atoms with Crippen LogP contribution in [0.2, 0.25) is 0 Å². The summed E-state index contributed by atoms with van der Waals surface area (Å²) in [5.41, 5.74) is 9.15. The van der Waals surface area contributed by atoms with Crippen molar-refractivity contribution >= 4 is 16.5 Å². The van der Waals surface area contributed by atoms with Gasteiger partial charge in [-0.1, -0.05) is 36.4 Å². The quantitative estimate of drug-likeness (QED) is 0.744. The topological polar surface area (TPSA) is 26.0 Å². The molecule has 0 atom stereocenters. The Hall–Kier alpha value is -1.76. The van der Waals surface area contributed by atoms with Gasteiger partial charge in [0, 0.05) is 11.3 Å². The lowest BCUT2D eigenvalue weighted by atomic mass is 10.00. The highest BCUT2D eigenvalue weighted by molar-refractivity contribution is 5.87. The zero-order valence-electron chi connectivity index (χ0n) is 9.12. The predicted molar refractivity (Wildman–Crippen MR) is 66.5 cm³/mol. The molecule has 0 saturated heterocycles. The van der Waals surface area contributed by atoms with Gasteiger partial charge < -0.3 is 5.73 Å². The van der Waals surface area contributed by atoms with Crippen molar-refractivity contribution in [1.82, 2.24) is 0 Å². The molecule has 0 saturated carbocycles. The van der Waals surface area contributed by atoms with Crippen LogP contribution in [-0.2, 0) is 0 Å². The second-order valence-corrected chi connectivity index (χ2v) is 3.76. The summed E-state index contributed by atoms with van der Waals surface area (Å²) in [5.74, 6) is 0. The average Bonchev–Trinajstić information content (AvgIpc) is 2.27. The lowest BCUT2D eigenvalue weighted by Gasteiger charge is -2.08. The summed E-state index contributed by atoms with van der Waals surface area (Å²) in [7, 11) is 0. The number of fused-ring (bicyclic) bond motifs is 1. The van der Waals surface area contributed by atoms with Crippen LogP contribution in [0.25, 0.3) is 16.5 Å². The molecule has 0 aromatic heterocycles. The molecule has 1 heteroatoms. The lowest BCUT2D eigenvalue weighted by Crippen LogP contribution is -1.98. The van der Waals surface area contributed by atoms with Gasteiger partial charge in [-0.2, -0.15) is 0 Å². The average molecular weight is 197 g/mol. The van der Waals surface area contributed by atoms with Crippen molar-refractivity contribution in [1.29, 1.82) is 0 Å². The molecule has 1 nitrogen and oxygen atoms in total. The SMILES string of the molecule is C/C=C(/N)c1cc2ccccc2cc1C. The molecule has 0 spiro atoms. The first-order valence-corrected chi connectivity index (χ1v) is 5.14. The van der Waals surface area contributed by atoms with E-state index in [0.29, 0.717) is 0 Å². The minimum absolute atomic E-state index is 0.846. The minimum Gasteiger partial charge on any atom is -0.399 e. The Labute approximate surface area is 90.2 Å². The number of nitrogens with two attached hydrogens (primary N) is 1. The highest BCUT2D eigenvalue weighted by Gasteiger charge is 2.02. The summed E-state index contributed by atoms with van der Waals surface area (Å²) in [4.78, 5) is 0. The third kappa shape index (κ3) is 1.73. The third-order valence-corrected chi connectivity index (χ3v) is 2.71. The Balaban J connectivity index is 2.72.